The molecular formula is C22H22N4O2. The number of aryl methyl sites for hydroxylation is 1. The average Bonchev–Trinajstić information content (AvgIpc) is 3.10. The van der Waals surface area contributed by atoms with Crippen LogP contribution in [0.15, 0.2) is 41.3 Å². The van der Waals surface area contributed by atoms with Crippen molar-refractivity contribution in [3.05, 3.63) is 63.6 Å². The quantitative estimate of drug-likeness (QED) is 0.763. The van der Waals surface area contributed by atoms with Crippen LogP contribution in [-0.4, -0.2) is 33.8 Å². The Morgan fingerprint density at radius 2 is 1.86 bits per heavy atom. The van der Waals surface area contributed by atoms with Crippen molar-refractivity contribution in [1.82, 2.24) is 15.0 Å². The first-order chi connectivity index (χ1) is 13.7. The SMILES string of the molecule is O=C1CCc2c1cnc1nc(N3CCC(Cc4ccccc4)CC3)[nH]c(=O)c21. The van der Waals surface area contributed by atoms with Crippen LogP contribution in [-0.2, 0) is 12.8 Å². The Balaban J connectivity index is 1.36. The summed E-state index contributed by atoms with van der Waals surface area (Å²) >= 11 is 0. The lowest BCUT2D eigenvalue weighted by Gasteiger charge is -2.32. The molecule has 2 aromatic heterocycles. The topological polar surface area (TPSA) is 79.0 Å². The molecule has 3 aromatic rings. The standard InChI is InChI=1S/C22H22N4O2/c27-18-7-6-16-17(18)13-23-20-19(16)21(28)25-22(24-20)26-10-8-15(9-11-26)12-14-4-2-1-3-5-14/h1-5,13,15H,6-12H2,(H,23,24,25,28). The summed E-state index contributed by atoms with van der Waals surface area (Å²) in [5, 5.41) is 0.478. The molecule has 0 atom stereocenters. The summed E-state index contributed by atoms with van der Waals surface area (Å²) in [5.74, 6) is 1.30. The van der Waals surface area contributed by atoms with E-state index >= 15 is 0 Å². The van der Waals surface area contributed by atoms with E-state index in [4.69, 9.17) is 0 Å². The van der Waals surface area contributed by atoms with Gasteiger partial charge in [-0.1, -0.05) is 30.3 Å². The average molecular weight is 374 g/mol. The number of aromatic nitrogens is 3. The van der Waals surface area contributed by atoms with Crippen LogP contribution in [0.25, 0.3) is 11.0 Å². The van der Waals surface area contributed by atoms with E-state index in [0.29, 0.717) is 41.3 Å². The van der Waals surface area contributed by atoms with Crippen molar-refractivity contribution < 1.29 is 4.79 Å². The molecule has 3 heterocycles. The molecule has 0 unspecified atom stereocenters. The minimum absolute atomic E-state index is 0.0633. The number of aromatic amines is 1. The van der Waals surface area contributed by atoms with Crippen molar-refractivity contribution in [3.8, 4) is 0 Å². The Morgan fingerprint density at radius 3 is 2.64 bits per heavy atom. The molecule has 1 fully saturated rings. The lowest BCUT2D eigenvalue weighted by molar-refractivity contribution is 0.0994. The number of hydrogen-bond acceptors (Lipinski definition) is 5. The molecule has 0 spiro atoms. The van der Waals surface area contributed by atoms with Gasteiger partial charge < -0.3 is 4.90 Å². The number of Topliss-reactive ketones (excluding diaryl/α,β-unsaturated/α-hetero) is 1. The van der Waals surface area contributed by atoms with Crippen molar-refractivity contribution in [3.63, 3.8) is 0 Å². The number of benzene rings is 1. The van der Waals surface area contributed by atoms with Crippen LogP contribution in [0, 0.1) is 5.92 Å². The van der Waals surface area contributed by atoms with E-state index in [0.717, 1.165) is 37.9 Å². The van der Waals surface area contributed by atoms with E-state index in [2.05, 4.69) is 44.1 Å². The molecule has 1 aliphatic carbocycles. The predicted molar refractivity (Wildman–Crippen MR) is 108 cm³/mol. The molecule has 6 heteroatoms. The van der Waals surface area contributed by atoms with Gasteiger partial charge in [0.15, 0.2) is 11.4 Å². The fraction of sp³-hybridized carbons (Fsp3) is 0.364. The van der Waals surface area contributed by atoms with Crippen LogP contribution < -0.4 is 10.5 Å². The lowest BCUT2D eigenvalue weighted by atomic mass is 9.90. The summed E-state index contributed by atoms with van der Waals surface area (Å²) in [4.78, 5) is 38.7. The molecule has 1 aliphatic heterocycles. The monoisotopic (exact) mass is 374 g/mol. The first-order valence-corrected chi connectivity index (χ1v) is 9.93. The highest BCUT2D eigenvalue weighted by atomic mass is 16.1. The molecule has 0 amide bonds. The van der Waals surface area contributed by atoms with Gasteiger partial charge in [0.05, 0.1) is 5.39 Å². The maximum Gasteiger partial charge on any atom is 0.262 e. The second-order valence-corrected chi connectivity index (χ2v) is 7.78. The molecule has 1 aromatic carbocycles. The summed E-state index contributed by atoms with van der Waals surface area (Å²) in [6.07, 6.45) is 5.87. The maximum atomic E-state index is 12.7. The normalized spacial score (nSPS) is 17.3. The van der Waals surface area contributed by atoms with Crippen molar-refractivity contribution in [2.45, 2.75) is 32.1 Å². The number of piperidine rings is 1. The van der Waals surface area contributed by atoms with E-state index in [9.17, 15) is 9.59 Å². The van der Waals surface area contributed by atoms with Gasteiger partial charge in [-0.05, 0) is 42.7 Å². The highest BCUT2D eigenvalue weighted by Crippen LogP contribution is 2.27. The van der Waals surface area contributed by atoms with Crippen LogP contribution in [0.4, 0.5) is 5.95 Å². The molecule has 28 heavy (non-hydrogen) atoms. The number of nitrogens with one attached hydrogen (secondary N) is 1. The predicted octanol–water partition coefficient (Wildman–Crippen LogP) is 2.91. The highest BCUT2D eigenvalue weighted by Gasteiger charge is 2.26. The molecule has 5 rings (SSSR count). The minimum atomic E-state index is -0.189. The summed E-state index contributed by atoms with van der Waals surface area (Å²) < 4.78 is 0. The van der Waals surface area contributed by atoms with Crippen LogP contribution in [0.3, 0.4) is 0 Å². The smallest absolute Gasteiger partial charge is 0.262 e. The van der Waals surface area contributed by atoms with Crippen LogP contribution in [0.2, 0.25) is 0 Å². The van der Waals surface area contributed by atoms with Gasteiger partial charge in [-0.25, -0.2) is 4.98 Å². The zero-order valence-electron chi connectivity index (χ0n) is 15.6. The number of fused-ring (bicyclic) bond motifs is 3. The molecule has 1 N–H and O–H groups in total. The first-order valence-electron chi connectivity index (χ1n) is 9.93. The van der Waals surface area contributed by atoms with Gasteiger partial charge in [0.1, 0.15) is 0 Å². The van der Waals surface area contributed by atoms with Gasteiger partial charge >= 0.3 is 0 Å². The van der Waals surface area contributed by atoms with E-state index < -0.39 is 0 Å². The Labute approximate surface area is 162 Å². The largest absolute Gasteiger partial charge is 0.342 e. The first kappa shape index (κ1) is 17.1. The number of ketones is 1. The Bertz CT molecular complexity index is 1100. The van der Waals surface area contributed by atoms with E-state index in [-0.39, 0.29) is 11.3 Å². The number of carbonyl (C=O) groups is 1. The third kappa shape index (κ3) is 2.99. The fourth-order valence-corrected chi connectivity index (χ4v) is 4.47. The fourth-order valence-electron chi connectivity index (χ4n) is 4.47. The molecule has 0 saturated carbocycles. The highest BCUT2D eigenvalue weighted by molar-refractivity contribution is 6.04. The van der Waals surface area contributed by atoms with E-state index in [1.165, 1.54) is 5.56 Å². The number of H-pyrrole nitrogens is 1. The van der Waals surface area contributed by atoms with Crippen LogP contribution >= 0.6 is 0 Å². The third-order valence-corrected chi connectivity index (χ3v) is 6.01. The van der Waals surface area contributed by atoms with Gasteiger partial charge in [0.2, 0.25) is 5.95 Å². The molecule has 6 nitrogen and oxygen atoms in total. The zero-order chi connectivity index (χ0) is 19.1. The maximum absolute atomic E-state index is 12.7. The molecule has 2 aliphatic rings. The van der Waals surface area contributed by atoms with Crippen molar-refractivity contribution in [1.29, 1.82) is 0 Å². The molecule has 0 bridgehead atoms. The Hall–Kier alpha value is -3.02. The van der Waals surface area contributed by atoms with E-state index in [1.54, 1.807) is 6.20 Å². The van der Waals surface area contributed by atoms with Gasteiger partial charge in [0, 0.05) is 31.3 Å². The van der Waals surface area contributed by atoms with E-state index in [1.807, 2.05) is 6.07 Å². The number of nitrogens with zero attached hydrogens (tertiary/aromatic N) is 3. The molecule has 1 saturated heterocycles. The zero-order valence-corrected chi connectivity index (χ0v) is 15.6. The summed E-state index contributed by atoms with van der Waals surface area (Å²) in [6, 6.07) is 10.6. The van der Waals surface area contributed by atoms with Crippen molar-refractivity contribution in [2.75, 3.05) is 18.0 Å². The third-order valence-electron chi connectivity index (χ3n) is 6.01. The lowest BCUT2D eigenvalue weighted by Crippen LogP contribution is -2.36. The van der Waals surface area contributed by atoms with Gasteiger partial charge in [-0.2, -0.15) is 4.98 Å². The Kier molecular flexibility index (Phi) is 4.19. The second kappa shape index (κ2) is 6.86. The summed E-state index contributed by atoms with van der Waals surface area (Å²) in [5.41, 5.74) is 3.01. The molecule has 142 valence electrons. The van der Waals surface area contributed by atoms with Gasteiger partial charge in [-0.3, -0.25) is 14.6 Å². The molecule has 0 radical (unpaired) electrons. The number of rotatable bonds is 3. The summed E-state index contributed by atoms with van der Waals surface area (Å²) in [6.45, 7) is 1.74. The molecular weight excluding hydrogens is 352 g/mol. The number of pyridine rings is 1. The number of carbonyl (C=O) groups excluding carboxylic acids is 1. The number of hydrogen-bond donors (Lipinski definition) is 1. The van der Waals surface area contributed by atoms with Gasteiger partial charge in [-0.15, -0.1) is 0 Å². The Morgan fingerprint density at radius 1 is 1.07 bits per heavy atom. The van der Waals surface area contributed by atoms with Crippen molar-refractivity contribution >= 4 is 22.8 Å². The van der Waals surface area contributed by atoms with Crippen LogP contribution in [0.1, 0.15) is 40.7 Å². The minimum Gasteiger partial charge on any atom is -0.342 e. The van der Waals surface area contributed by atoms with Crippen molar-refractivity contribution in [2.24, 2.45) is 5.92 Å². The number of anilines is 1. The second-order valence-electron chi connectivity index (χ2n) is 7.78. The van der Waals surface area contributed by atoms with Gasteiger partial charge in [0.25, 0.3) is 5.56 Å². The summed E-state index contributed by atoms with van der Waals surface area (Å²) in [7, 11) is 0. The van der Waals surface area contributed by atoms with Crippen LogP contribution in [0.5, 0.6) is 0 Å².